The molecule has 138 valence electrons. The highest BCUT2D eigenvalue weighted by Gasteiger charge is 2.27. The largest absolute Gasteiger partial charge is 0.330 e. The monoisotopic (exact) mass is 361 g/mol. The molecule has 4 rings (SSSR count). The van der Waals surface area contributed by atoms with Crippen molar-refractivity contribution in [1.29, 1.82) is 0 Å². The van der Waals surface area contributed by atoms with Crippen molar-refractivity contribution in [2.45, 2.75) is 25.3 Å². The lowest BCUT2D eigenvalue weighted by atomic mass is 9.97. The number of benzene rings is 1. The molecule has 3 heterocycles. The number of hydrogen-bond donors (Lipinski definition) is 1. The Kier molecular flexibility index (Phi) is 5.14. The number of nitrogens with one attached hydrogen (secondary N) is 1. The van der Waals surface area contributed by atoms with Gasteiger partial charge in [-0.15, -0.1) is 0 Å². The van der Waals surface area contributed by atoms with Gasteiger partial charge in [-0.05, 0) is 42.7 Å². The van der Waals surface area contributed by atoms with Crippen LogP contribution in [0.4, 0.5) is 10.5 Å². The number of carbonyl (C=O) groups is 1. The number of anilines is 1. The summed E-state index contributed by atoms with van der Waals surface area (Å²) in [5.41, 5.74) is 2.02. The molecular weight excluding hydrogens is 338 g/mol. The van der Waals surface area contributed by atoms with Crippen molar-refractivity contribution in [2.24, 2.45) is 0 Å². The maximum Gasteiger partial charge on any atom is 0.321 e. The standard InChI is InChI=1S/C21H23N5O/c27-21(24-19-6-2-1-3-7-19)26-13-4-5-18(16-26)20-23-12-14-25(20)15-17-8-10-22-11-9-17/h1-3,6-12,14,18H,4-5,13,15-16H2,(H,24,27)/t18-/m0/s1. The van der Waals surface area contributed by atoms with E-state index in [4.69, 9.17) is 0 Å². The molecule has 0 spiro atoms. The molecule has 0 bridgehead atoms. The number of hydrogen-bond acceptors (Lipinski definition) is 3. The highest BCUT2D eigenvalue weighted by atomic mass is 16.2. The van der Waals surface area contributed by atoms with E-state index in [0.717, 1.165) is 37.4 Å². The van der Waals surface area contributed by atoms with E-state index in [1.165, 1.54) is 5.56 Å². The van der Waals surface area contributed by atoms with Gasteiger partial charge >= 0.3 is 6.03 Å². The summed E-state index contributed by atoms with van der Waals surface area (Å²) in [4.78, 5) is 23.2. The Morgan fingerprint density at radius 3 is 2.74 bits per heavy atom. The van der Waals surface area contributed by atoms with Gasteiger partial charge in [-0.25, -0.2) is 9.78 Å². The predicted molar refractivity (Wildman–Crippen MR) is 105 cm³/mol. The molecule has 3 aromatic rings. The lowest BCUT2D eigenvalue weighted by Gasteiger charge is -2.32. The molecule has 0 unspecified atom stereocenters. The Morgan fingerprint density at radius 1 is 1.11 bits per heavy atom. The van der Waals surface area contributed by atoms with Gasteiger partial charge in [-0.2, -0.15) is 0 Å². The maximum atomic E-state index is 12.6. The van der Waals surface area contributed by atoms with Crippen molar-refractivity contribution >= 4 is 11.7 Å². The average molecular weight is 361 g/mol. The highest BCUT2D eigenvalue weighted by molar-refractivity contribution is 5.89. The van der Waals surface area contributed by atoms with E-state index in [1.807, 2.05) is 72.2 Å². The van der Waals surface area contributed by atoms with Crippen molar-refractivity contribution in [2.75, 3.05) is 18.4 Å². The summed E-state index contributed by atoms with van der Waals surface area (Å²) >= 11 is 0. The van der Waals surface area contributed by atoms with Gasteiger partial charge < -0.3 is 14.8 Å². The Balaban J connectivity index is 1.44. The van der Waals surface area contributed by atoms with Crippen molar-refractivity contribution in [3.8, 4) is 0 Å². The second-order valence-electron chi connectivity index (χ2n) is 6.85. The first-order chi connectivity index (χ1) is 13.3. The lowest BCUT2D eigenvalue weighted by Crippen LogP contribution is -2.42. The van der Waals surface area contributed by atoms with Crippen molar-refractivity contribution in [1.82, 2.24) is 19.4 Å². The van der Waals surface area contributed by atoms with Gasteiger partial charge in [0, 0.05) is 56.0 Å². The molecule has 0 radical (unpaired) electrons. The summed E-state index contributed by atoms with van der Waals surface area (Å²) in [6, 6.07) is 13.6. The second kappa shape index (κ2) is 8.03. The number of imidazole rings is 1. The van der Waals surface area contributed by atoms with Crippen LogP contribution in [0.1, 0.15) is 30.1 Å². The molecule has 0 aliphatic carbocycles. The van der Waals surface area contributed by atoms with E-state index in [-0.39, 0.29) is 11.9 Å². The molecule has 6 heteroatoms. The van der Waals surface area contributed by atoms with E-state index >= 15 is 0 Å². The molecule has 1 N–H and O–H groups in total. The molecule has 6 nitrogen and oxygen atoms in total. The van der Waals surface area contributed by atoms with Crippen LogP contribution in [0.15, 0.2) is 67.3 Å². The van der Waals surface area contributed by atoms with Crippen LogP contribution in [0.3, 0.4) is 0 Å². The van der Waals surface area contributed by atoms with Gasteiger partial charge in [0.05, 0.1) is 0 Å². The summed E-state index contributed by atoms with van der Waals surface area (Å²) in [6.45, 7) is 2.23. The molecule has 2 aromatic heterocycles. The first-order valence-electron chi connectivity index (χ1n) is 9.30. The van der Waals surface area contributed by atoms with Crippen molar-refractivity contribution in [3.63, 3.8) is 0 Å². The molecule has 0 saturated carbocycles. The molecule has 1 atom stereocenters. The topological polar surface area (TPSA) is 63.1 Å². The third-order valence-corrected chi connectivity index (χ3v) is 4.95. The zero-order valence-electron chi connectivity index (χ0n) is 15.2. The fourth-order valence-corrected chi connectivity index (χ4v) is 3.60. The predicted octanol–water partition coefficient (Wildman–Crippen LogP) is 3.74. The van der Waals surface area contributed by atoms with E-state index in [1.54, 1.807) is 0 Å². The zero-order valence-corrected chi connectivity index (χ0v) is 15.2. The van der Waals surface area contributed by atoms with Gasteiger partial charge in [0.15, 0.2) is 0 Å². The van der Waals surface area contributed by atoms with Gasteiger partial charge in [0.2, 0.25) is 0 Å². The minimum atomic E-state index is -0.0434. The molecule has 27 heavy (non-hydrogen) atoms. The number of carbonyl (C=O) groups excluding carboxylic acids is 1. The van der Waals surface area contributed by atoms with Gasteiger partial charge in [-0.1, -0.05) is 18.2 Å². The fraction of sp³-hybridized carbons (Fsp3) is 0.286. The summed E-state index contributed by atoms with van der Waals surface area (Å²) in [5.74, 6) is 1.29. The third-order valence-electron chi connectivity index (χ3n) is 4.95. The molecular formula is C21H23N5O. The van der Waals surface area contributed by atoms with Crippen molar-refractivity contribution < 1.29 is 4.79 Å². The average Bonchev–Trinajstić information content (AvgIpc) is 3.18. The normalized spacial score (nSPS) is 16.9. The lowest BCUT2D eigenvalue weighted by molar-refractivity contribution is 0.190. The van der Waals surface area contributed by atoms with Gasteiger partial charge in [-0.3, -0.25) is 4.98 Å². The van der Waals surface area contributed by atoms with Crippen LogP contribution < -0.4 is 5.32 Å². The number of likely N-dealkylation sites (tertiary alicyclic amines) is 1. The minimum Gasteiger partial charge on any atom is -0.330 e. The molecule has 1 saturated heterocycles. The van der Waals surface area contributed by atoms with E-state index < -0.39 is 0 Å². The Bertz CT molecular complexity index is 878. The molecule has 1 aliphatic rings. The number of rotatable bonds is 4. The number of urea groups is 1. The number of amides is 2. The highest BCUT2D eigenvalue weighted by Crippen LogP contribution is 2.26. The summed E-state index contributed by atoms with van der Waals surface area (Å²) < 4.78 is 2.18. The minimum absolute atomic E-state index is 0.0434. The first kappa shape index (κ1) is 17.3. The van der Waals surface area contributed by atoms with Crippen LogP contribution in [-0.2, 0) is 6.54 Å². The van der Waals surface area contributed by atoms with Gasteiger partial charge in [0.1, 0.15) is 5.82 Å². The SMILES string of the molecule is O=C(Nc1ccccc1)N1CCC[C@H](c2nccn2Cc2ccncc2)C1. The van der Waals surface area contributed by atoms with Crippen LogP contribution in [0.5, 0.6) is 0 Å². The third kappa shape index (κ3) is 4.16. The summed E-state index contributed by atoms with van der Waals surface area (Å²) in [7, 11) is 0. The number of pyridine rings is 1. The summed E-state index contributed by atoms with van der Waals surface area (Å²) in [5, 5.41) is 2.98. The Hall–Kier alpha value is -3.15. The van der Waals surface area contributed by atoms with E-state index in [0.29, 0.717) is 6.54 Å². The smallest absolute Gasteiger partial charge is 0.321 e. The zero-order chi connectivity index (χ0) is 18.5. The van der Waals surface area contributed by atoms with Crippen LogP contribution in [0.2, 0.25) is 0 Å². The van der Waals surface area contributed by atoms with Crippen LogP contribution >= 0.6 is 0 Å². The Morgan fingerprint density at radius 2 is 1.93 bits per heavy atom. The molecule has 1 aliphatic heterocycles. The molecule has 1 fully saturated rings. The van der Waals surface area contributed by atoms with Crippen LogP contribution in [-0.4, -0.2) is 38.6 Å². The number of nitrogens with zero attached hydrogens (tertiary/aromatic N) is 4. The first-order valence-corrected chi connectivity index (χ1v) is 9.30. The van der Waals surface area contributed by atoms with Crippen LogP contribution in [0, 0.1) is 0 Å². The van der Waals surface area contributed by atoms with Gasteiger partial charge in [0.25, 0.3) is 0 Å². The summed E-state index contributed by atoms with van der Waals surface area (Å²) in [6.07, 6.45) is 9.50. The quantitative estimate of drug-likeness (QED) is 0.770. The molecule has 2 amide bonds. The Labute approximate surface area is 158 Å². The van der Waals surface area contributed by atoms with Crippen LogP contribution in [0.25, 0.3) is 0 Å². The second-order valence-corrected chi connectivity index (χ2v) is 6.85. The van der Waals surface area contributed by atoms with E-state index in [2.05, 4.69) is 19.9 Å². The number of aromatic nitrogens is 3. The van der Waals surface area contributed by atoms with Crippen molar-refractivity contribution in [3.05, 3.63) is 78.6 Å². The number of para-hydroxylation sites is 1. The molecule has 1 aromatic carbocycles. The van der Waals surface area contributed by atoms with E-state index in [9.17, 15) is 4.79 Å². The number of piperidine rings is 1. The fourth-order valence-electron chi connectivity index (χ4n) is 3.60. The maximum absolute atomic E-state index is 12.6.